The van der Waals surface area contributed by atoms with Gasteiger partial charge in [-0.25, -0.2) is 8.42 Å². The minimum atomic E-state index is -3.57. The Balaban J connectivity index is 0.00000196. The normalized spacial score (nSPS) is 20.1. The van der Waals surface area contributed by atoms with E-state index in [0.717, 1.165) is 12.8 Å². The molecule has 1 aliphatic carbocycles. The molecule has 1 saturated carbocycles. The molecule has 1 saturated heterocycles. The molecule has 1 aliphatic heterocycles. The summed E-state index contributed by atoms with van der Waals surface area (Å²) < 4.78 is 27.6. The van der Waals surface area contributed by atoms with Gasteiger partial charge < -0.3 is 16.0 Å². The Morgan fingerprint density at radius 2 is 1.68 bits per heavy atom. The number of amides is 1. The summed E-state index contributed by atoms with van der Waals surface area (Å²) in [6.07, 6.45) is 3.27. The van der Waals surface area contributed by atoms with E-state index in [1.54, 1.807) is 24.3 Å². The topological polar surface area (TPSA) is 95.7 Å². The smallest absolute Gasteiger partial charge is 0.243 e. The van der Waals surface area contributed by atoms with Crippen LogP contribution in [-0.4, -0.2) is 62.3 Å². The van der Waals surface area contributed by atoms with Crippen LogP contribution >= 0.6 is 24.8 Å². The lowest BCUT2D eigenvalue weighted by atomic mass is 9.98. The van der Waals surface area contributed by atoms with Crippen molar-refractivity contribution < 1.29 is 13.2 Å². The molecule has 10 heteroatoms. The predicted molar refractivity (Wildman–Crippen MR) is 114 cm³/mol. The molecular weight excluding hydrogens is 423 g/mol. The molecule has 3 rings (SSSR count). The van der Waals surface area contributed by atoms with Crippen LogP contribution in [0.25, 0.3) is 0 Å². The summed E-state index contributed by atoms with van der Waals surface area (Å²) in [6, 6.07) is 6.87. The van der Waals surface area contributed by atoms with Crippen molar-refractivity contribution >= 4 is 40.7 Å². The third-order valence-electron chi connectivity index (χ3n) is 5.44. The molecule has 1 aromatic rings. The van der Waals surface area contributed by atoms with Crippen molar-refractivity contribution in [3.05, 3.63) is 29.8 Å². The molecule has 0 aromatic heterocycles. The lowest BCUT2D eigenvalue weighted by Gasteiger charge is -2.32. The number of sulfonamides is 1. The van der Waals surface area contributed by atoms with Crippen LogP contribution in [0.1, 0.15) is 31.2 Å². The average Bonchev–Trinajstić information content (AvgIpc) is 3.08. The molecule has 3 N–H and O–H groups in total. The number of carbonyl (C=O) groups excluding carboxylic acids is 1. The van der Waals surface area contributed by atoms with E-state index < -0.39 is 15.6 Å². The van der Waals surface area contributed by atoms with E-state index in [1.165, 1.54) is 4.31 Å². The van der Waals surface area contributed by atoms with Crippen molar-refractivity contribution in [3.63, 3.8) is 0 Å². The Hall–Kier alpha value is -0.900. The molecule has 2 aliphatic rings. The molecule has 0 unspecified atom stereocenters. The zero-order chi connectivity index (χ0) is 18.8. The highest BCUT2D eigenvalue weighted by atomic mass is 35.5. The quantitative estimate of drug-likeness (QED) is 0.702. The second-order valence-corrected chi connectivity index (χ2v) is 9.27. The van der Waals surface area contributed by atoms with Crippen LogP contribution in [0.3, 0.4) is 0 Å². The Morgan fingerprint density at radius 1 is 1.11 bits per heavy atom. The summed E-state index contributed by atoms with van der Waals surface area (Å²) in [6.45, 7) is 2.56. The van der Waals surface area contributed by atoms with Gasteiger partial charge in [-0.05, 0) is 31.5 Å². The molecule has 28 heavy (non-hydrogen) atoms. The monoisotopic (exact) mass is 452 g/mol. The number of piperazine rings is 1. The summed E-state index contributed by atoms with van der Waals surface area (Å²) in [5.41, 5.74) is 5.96. The third-order valence-corrected chi connectivity index (χ3v) is 7.44. The summed E-state index contributed by atoms with van der Waals surface area (Å²) in [5.74, 6) is -0.193. The van der Waals surface area contributed by atoms with Crippen LogP contribution in [0.5, 0.6) is 0 Å². The van der Waals surface area contributed by atoms with E-state index in [1.807, 2.05) is 7.05 Å². The summed E-state index contributed by atoms with van der Waals surface area (Å²) >= 11 is 0. The summed E-state index contributed by atoms with van der Waals surface area (Å²) in [5, 5.41) is 2.85. The van der Waals surface area contributed by atoms with Gasteiger partial charge in [-0.1, -0.05) is 31.0 Å². The molecule has 0 spiro atoms. The number of halogens is 2. The van der Waals surface area contributed by atoms with Gasteiger partial charge in [0.1, 0.15) is 0 Å². The average molecular weight is 453 g/mol. The number of rotatable bonds is 5. The SMILES string of the molecule is CN1CCN(S(=O)(=O)c2ccccc2CNC(=O)C2(N)CCCC2)CC1.Cl.Cl. The molecule has 160 valence electrons. The van der Waals surface area contributed by atoms with E-state index in [2.05, 4.69) is 10.2 Å². The first kappa shape index (κ1) is 25.1. The van der Waals surface area contributed by atoms with Gasteiger partial charge in [0.05, 0.1) is 10.4 Å². The van der Waals surface area contributed by atoms with Gasteiger partial charge in [0.15, 0.2) is 0 Å². The van der Waals surface area contributed by atoms with Gasteiger partial charge in [-0.15, -0.1) is 24.8 Å². The predicted octanol–water partition coefficient (Wildman–Crippen LogP) is 1.35. The number of likely N-dealkylation sites (N-methyl/N-ethyl adjacent to an activating group) is 1. The summed E-state index contributed by atoms with van der Waals surface area (Å²) in [4.78, 5) is 14.8. The van der Waals surface area contributed by atoms with Crippen molar-refractivity contribution in [2.45, 2.75) is 42.7 Å². The van der Waals surface area contributed by atoms with Crippen LogP contribution in [-0.2, 0) is 21.4 Å². The molecule has 0 radical (unpaired) electrons. The molecule has 7 nitrogen and oxygen atoms in total. The van der Waals surface area contributed by atoms with E-state index in [-0.39, 0.29) is 42.2 Å². The number of nitrogens with one attached hydrogen (secondary N) is 1. The molecular formula is C18H30Cl2N4O3S. The van der Waals surface area contributed by atoms with Gasteiger partial charge in [-0.2, -0.15) is 4.31 Å². The molecule has 1 aromatic carbocycles. The fourth-order valence-electron chi connectivity index (χ4n) is 3.65. The maximum atomic E-state index is 13.0. The maximum absolute atomic E-state index is 13.0. The zero-order valence-electron chi connectivity index (χ0n) is 16.1. The van der Waals surface area contributed by atoms with Gasteiger partial charge in [0, 0.05) is 32.7 Å². The Morgan fingerprint density at radius 3 is 2.29 bits per heavy atom. The molecule has 1 heterocycles. The van der Waals surface area contributed by atoms with E-state index in [4.69, 9.17) is 5.73 Å². The van der Waals surface area contributed by atoms with Crippen LogP contribution in [0.4, 0.5) is 0 Å². The number of benzene rings is 1. The Labute approximate surface area is 179 Å². The molecule has 0 bridgehead atoms. The highest BCUT2D eigenvalue weighted by Gasteiger charge is 2.37. The van der Waals surface area contributed by atoms with E-state index in [9.17, 15) is 13.2 Å². The number of nitrogens with zero attached hydrogens (tertiary/aromatic N) is 2. The Bertz CT molecular complexity index is 762. The van der Waals surface area contributed by atoms with E-state index >= 15 is 0 Å². The Kier molecular flexibility index (Phi) is 9.18. The van der Waals surface area contributed by atoms with Crippen molar-refractivity contribution in [2.75, 3.05) is 33.2 Å². The van der Waals surface area contributed by atoms with E-state index in [0.29, 0.717) is 44.6 Å². The first-order valence-electron chi connectivity index (χ1n) is 9.17. The minimum absolute atomic E-state index is 0. The second kappa shape index (κ2) is 10.2. The standard InChI is InChI=1S/C18H28N4O3S.2ClH/c1-21-10-12-22(13-11-21)26(24,25)16-7-3-2-6-15(16)14-20-17(23)18(19)8-4-5-9-18;;/h2-3,6-7H,4-5,8-14,19H2,1H3,(H,20,23);2*1H. The molecule has 1 amide bonds. The van der Waals surface area contributed by atoms with Gasteiger partial charge in [0.2, 0.25) is 15.9 Å². The van der Waals surface area contributed by atoms with Crippen LogP contribution in [0, 0.1) is 0 Å². The molecule has 2 fully saturated rings. The van der Waals surface area contributed by atoms with Crippen LogP contribution < -0.4 is 11.1 Å². The third kappa shape index (κ3) is 5.37. The van der Waals surface area contributed by atoms with Gasteiger partial charge in [-0.3, -0.25) is 4.79 Å². The van der Waals surface area contributed by atoms with Crippen molar-refractivity contribution in [2.24, 2.45) is 5.73 Å². The lowest BCUT2D eigenvalue weighted by Crippen LogP contribution is -2.51. The fraction of sp³-hybridized carbons (Fsp3) is 0.611. The minimum Gasteiger partial charge on any atom is -0.350 e. The largest absolute Gasteiger partial charge is 0.350 e. The second-order valence-electron chi connectivity index (χ2n) is 7.36. The highest BCUT2D eigenvalue weighted by molar-refractivity contribution is 7.89. The highest BCUT2D eigenvalue weighted by Crippen LogP contribution is 2.27. The number of carbonyl (C=O) groups is 1. The number of hydrogen-bond acceptors (Lipinski definition) is 5. The molecule has 0 atom stereocenters. The van der Waals surface area contributed by atoms with Crippen LogP contribution in [0.15, 0.2) is 29.2 Å². The lowest BCUT2D eigenvalue weighted by molar-refractivity contribution is -0.126. The van der Waals surface area contributed by atoms with Crippen molar-refractivity contribution in [1.29, 1.82) is 0 Å². The maximum Gasteiger partial charge on any atom is 0.243 e. The van der Waals surface area contributed by atoms with Gasteiger partial charge >= 0.3 is 0 Å². The van der Waals surface area contributed by atoms with Crippen LogP contribution in [0.2, 0.25) is 0 Å². The zero-order valence-corrected chi connectivity index (χ0v) is 18.5. The van der Waals surface area contributed by atoms with Gasteiger partial charge in [0.25, 0.3) is 0 Å². The fourth-order valence-corrected chi connectivity index (χ4v) is 5.30. The number of hydrogen-bond donors (Lipinski definition) is 2. The summed E-state index contributed by atoms with van der Waals surface area (Å²) in [7, 11) is -1.59. The number of nitrogens with two attached hydrogens (primary N) is 1. The first-order valence-corrected chi connectivity index (χ1v) is 10.6. The first-order chi connectivity index (χ1) is 12.3. The van der Waals surface area contributed by atoms with Crippen molar-refractivity contribution in [3.8, 4) is 0 Å². The van der Waals surface area contributed by atoms with Crippen molar-refractivity contribution in [1.82, 2.24) is 14.5 Å².